The van der Waals surface area contributed by atoms with Crippen LogP contribution in [0.3, 0.4) is 0 Å². The third kappa shape index (κ3) is 2.70. The molecule has 0 aliphatic heterocycles. The van der Waals surface area contributed by atoms with E-state index in [0.717, 1.165) is 19.6 Å². The number of hydrogen-bond donors (Lipinski definition) is 1. The quantitative estimate of drug-likeness (QED) is 0.828. The highest BCUT2D eigenvalue weighted by molar-refractivity contribution is 5.10. The van der Waals surface area contributed by atoms with Crippen molar-refractivity contribution in [2.45, 2.75) is 26.6 Å². The van der Waals surface area contributed by atoms with E-state index in [1.165, 1.54) is 11.3 Å². The molecule has 2 rings (SSSR count). The topological polar surface area (TPSA) is 29.9 Å². The van der Waals surface area contributed by atoms with Crippen LogP contribution in [0, 0.1) is 0 Å². The van der Waals surface area contributed by atoms with Gasteiger partial charge in [0.1, 0.15) is 0 Å². The summed E-state index contributed by atoms with van der Waals surface area (Å²) in [4.78, 5) is 4.00. The number of aryl methyl sites for hydroxylation is 1. The second kappa shape index (κ2) is 5.47. The number of hydrogen-bond acceptors (Lipinski definition) is 2. The van der Waals surface area contributed by atoms with Gasteiger partial charge in [-0.3, -0.25) is 4.98 Å². The van der Waals surface area contributed by atoms with E-state index in [-0.39, 0.29) is 0 Å². The van der Waals surface area contributed by atoms with Crippen LogP contribution in [0.15, 0.2) is 42.9 Å². The Bertz CT molecular complexity index is 420. The van der Waals surface area contributed by atoms with Crippen molar-refractivity contribution in [2.75, 3.05) is 0 Å². The minimum absolute atomic E-state index is 0.886. The van der Waals surface area contributed by atoms with E-state index in [4.69, 9.17) is 0 Å². The Balaban J connectivity index is 1.85. The van der Waals surface area contributed by atoms with Gasteiger partial charge in [0.2, 0.25) is 0 Å². The molecule has 0 aliphatic rings. The summed E-state index contributed by atoms with van der Waals surface area (Å²) in [5.74, 6) is 0. The molecule has 0 unspecified atom stereocenters. The summed E-state index contributed by atoms with van der Waals surface area (Å²) in [5.41, 5.74) is 2.60. The lowest BCUT2D eigenvalue weighted by atomic mass is 10.2. The first-order valence-electron chi connectivity index (χ1n) is 5.64. The first-order chi connectivity index (χ1) is 7.90. The van der Waals surface area contributed by atoms with Crippen LogP contribution >= 0.6 is 0 Å². The predicted octanol–water partition coefficient (Wildman–Crippen LogP) is 2.19. The van der Waals surface area contributed by atoms with Gasteiger partial charge in [-0.15, -0.1) is 0 Å². The summed E-state index contributed by atoms with van der Waals surface area (Å²) >= 11 is 0. The second-order valence-electron chi connectivity index (χ2n) is 3.74. The number of nitrogens with zero attached hydrogens (tertiary/aromatic N) is 2. The van der Waals surface area contributed by atoms with E-state index in [0.29, 0.717) is 0 Å². The summed E-state index contributed by atoms with van der Waals surface area (Å²) in [6, 6.07) is 8.31. The SMILES string of the molecule is CCn1cccc1CNCc1ccncc1. The van der Waals surface area contributed by atoms with Crippen molar-refractivity contribution < 1.29 is 0 Å². The zero-order valence-electron chi connectivity index (χ0n) is 9.56. The van der Waals surface area contributed by atoms with Gasteiger partial charge in [0, 0.05) is 43.9 Å². The van der Waals surface area contributed by atoms with Gasteiger partial charge < -0.3 is 9.88 Å². The zero-order valence-corrected chi connectivity index (χ0v) is 9.56. The molecule has 3 nitrogen and oxygen atoms in total. The molecule has 0 spiro atoms. The predicted molar refractivity (Wildman–Crippen MR) is 64.9 cm³/mol. The van der Waals surface area contributed by atoms with Gasteiger partial charge in [0.25, 0.3) is 0 Å². The van der Waals surface area contributed by atoms with Crippen molar-refractivity contribution in [1.82, 2.24) is 14.9 Å². The van der Waals surface area contributed by atoms with Crippen LogP contribution in [-0.2, 0) is 19.6 Å². The van der Waals surface area contributed by atoms with Crippen LogP contribution in [0.1, 0.15) is 18.2 Å². The molecule has 0 radical (unpaired) electrons. The van der Waals surface area contributed by atoms with Crippen molar-refractivity contribution in [3.63, 3.8) is 0 Å². The lowest BCUT2D eigenvalue weighted by molar-refractivity contribution is 0.628. The molecule has 2 heterocycles. The van der Waals surface area contributed by atoms with Gasteiger partial charge in [0.05, 0.1) is 0 Å². The Morgan fingerprint density at radius 2 is 2.00 bits per heavy atom. The number of nitrogens with one attached hydrogen (secondary N) is 1. The molecule has 3 heteroatoms. The molecule has 1 N–H and O–H groups in total. The molecule has 2 aromatic rings. The Morgan fingerprint density at radius 1 is 1.19 bits per heavy atom. The maximum absolute atomic E-state index is 4.00. The summed E-state index contributed by atoms with van der Waals surface area (Å²) in [5, 5.41) is 3.43. The number of pyridine rings is 1. The van der Waals surface area contributed by atoms with E-state index >= 15 is 0 Å². The van der Waals surface area contributed by atoms with Crippen molar-refractivity contribution in [3.05, 3.63) is 54.1 Å². The van der Waals surface area contributed by atoms with Crippen molar-refractivity contribution >= 4 is 0 Å². The third-order valence-electron chi connectivity index (χ3n) is 2.65. The van der Waals surface area contributed by atoms with Gasteiger partial charge in [0.15, 0.2) is 0 Å². The fraction of sp³-hybridized carbons (Fsp3) is 0.308. The molecule has 0 aliphatic carbocycles. The highest BCUT2D eigenvalue weighted by Crippen LogP contribution is 2.02. The summed E-state index contributed by atoms with van der Waals surface area (Å²) in [6.07, 6.45) is 5.76. The van der Waals surface area contributed by atoms with Crippen LogP contribution in [0.5, 0.6) is 0 Å². The van der Waals surface area contributed by atoms with E-state index < -0.39 is 0 Å². The normalized spacial score (nSPS) is 10.6. The van der Waals surface area contributed by atoms with E-state index in [2.05, 4.69) is 40.1 Å². The standard InChI is InChI=1S/C13H17N3/c1-2-16-9-3-4-13(16)11-15-10-12-5-7-14-8-6-12/h3-9,15H,2,10-11H2,1H3. The number of rotatable bonds is 5. The van der Waals surface area contributed by atoms with Gasteiger partial charge in [-0.1, -0.05) is 0 Å². The van der Waals surface area contributed by atoms with Crippen molar-refractivity contribution in [1.29, 1.82) is 0 Å². The molecule has 84 valence electrons. The molecule has 0 aromatic carbocycles. The summed E-state index contributed by atoms with van der Waals surface area (Å²) in [7, 11) is 0. The smallest absolute Gasteiger partial charge is 0.0362 e. The molecule has 0 fully saturated rings. The molecule has 0 amide bonds. The first kappa shape index (κ1) is 10.9. The van der Waals surface area contributed by atoms with E-state index in [9.17, 15) is 0 Å². The van der Waals surface area contributed by atoms with Gasteiger partial charge >= 0.3 is 0 Å². The highest BCUT2D eigenvalue weighted by atomic mass is 15.0. The molecule has 0 saturated carbocycles. The van der Waals surface area contributed by atoms with Gasteiger partial charge in [-0.25, -0.2) is 0 Å². The zero-order chi connectivity index (χ0) is 11.2. The Morgan fingerprint density at radius 3 is 2.75 bits per heavy atom. The summed E-state index contributed by atoms with van der Waals surface area (Å²) in [6.45, 7) is 4.98. The van der Waals surface area contributed by atoms with Gasteiger partial charge in [-0.2, -0.15) is 0 Å². The van der Waals surface area contributed by atoms with E-state index in [1.807, 2.05) is 24.5 Å². The number of aromatic nitrogens is 2. The fourth-order valence-corrected chi connectivity index (χ4v) is 1.75. The average Bonchev–Trinajstić information content (AvgIpc) is 2.78. The maximum atomic E-state index is 4.00. The monoisotopic (exact) mass is 215 g/mol. The largest absolute Gasteiger partial charge is 0.351 e. The Kier molecular flexibility index (Phi) is 3.72. The van der Waals surface area contributed by atoms with Crippen LogP contribution < -0.4 is 5.32 Å². The Labute approximate surface area is 96.1 Å². The lowest BCUT2D eigenvalue weighted by Gasteiger charge is -2.07. The minimum atomic E-state index is 0.886. The minimum Gasteiger partial charge on any atom is -0.351 e. The molecular formula is C13H17N3. The molecule has 0 saturated heterocycles. The Hall–Kier alpha value is -1.61. The van der Waals surface area contributed by atoms with Crippen LogP contribution in [0.25, 0.3) is 0 Å². The molecule has 0 atom stereocenters. The van der Waals surface area contributed by atoms with Crippen LogP contribution in [-0.4, -0.2) is 9.55 Å². The first-order valence-corrected chi connectivity index (χ1v) is 5.64. The fourth-order valence-electron chi connectivity index (χ4n) is 1.75. The average molecular weight is 215 g/mol. The van der Waals surface area contributed by atoms with Crippen molar-refractivity contribution in [3.8, 4) is 0 Å². The van der Waals surface area contributed by atoms with Crippen molar-refractivity contribution in [2.24, 2.45) is 0 Å². The third-order valence-corrected chi connectivity index (χ3v) is 2.65. The highest BCUT2D eigenvalue weighted by Gasteiger charge is 1.98. The molecule has 16 heavy (non-hydrogen) atoms. The van der Waals surface area contributed by atoms with Gasteiger partial charge in [-0.05, 0) is 36.8 Å². The maximum Gasteiger partial charge on any atom is 0.0362 e. The lowest BCUT2D eigenvalue weighted by Crippen LogP contribution is -2.15. The molecule has 0 bridgehead atoms. The summed E-state index contributed by atoms with van der Waals surface area (Å²) < 4.78 is 2.25. The molecular weight excluding hydrogens is 198 g/mol. The molecule has 2 aromatic heterocycles. The van der Waals surface area contributed by atoms with Crippen LogP contribution in [0.2, 0.25) is 0 Å². The van der Waals surface area contributed by atoms with Crippen LogP contribution in [0.4, 0.5) is 0 Å². The van der Waals surface area contributed by atoms with E-state index in [1.54, 1.807) is 0 Å². The second-order valence-corrected chi connectivity index (χ2v) is 3.74.